The fourth-order valence-electron chi connectivity index (χ4n) is 4.58. The van der Waals surface area contributed by atoms with Gasteiger partial charge in [-0.1, -0.05) is 0 Å². The standard InChI is InChI=1S/C26H28F4N4O5/c1-37-12-9-31-24(35)18-4-5-21-19(23(18)38-2)15-34(32-21)14-16-7-10-33(11-8-16)25(36)17-3-6-22(20(27)13-17)39-26(28,29)30/h3-6,13,15-16H,7-12,14H2,1-2H3,(H,31,35). The lowest BCUT2D eigenvalue weighted by molar-refractivity contribution is -0.275. The first-order valence-corrected chi connectivity index (χ1v) is 12.3. The lowest BCUT2D eigenvalue weighted by Gasteiger charge is -2.32. The van der Waals surface area contributed by atoms with Gasteiger partial charge in [0.05, 0.1) is 30.2 Å². The third-order valence-electron chi connectivity index (χ3n) is 6.48. The molecule has 1 fully saturated rings. The second kappa shape index (κ2) is 11.9. The summed E-state index contributed by atoms with van der Waals surface area (Å²) in [6, 6.07) is 6.09. The van der Waals surface area contributed by atoms with E-state index in [2.05, 4.69) is 15.2 Å². The third-order valence-corrected chi connectivity index (χ3v) is 6.48. The van der Waals surface area contributed by atoms with Crippen LogP contribution in [0.3, 0.4) is 0 Å². The highest BCUT2D eigenvalue weighted by molar-refractivity contribution is 6.03. The number of rotatable bonds is 9. The van der Waals surface area contributed by atoms with E-state index in [-0.39, 0.29) is 17.4 Å². The number of nitrogens with one attached hydrogen (secondary N) is 1. The summed E-state index contributed by atoms with van der Waals surface area (Å²) in [5, 5.41) is 8.08. The van der Waals surface area contributed by atoms with Crippen LogP contribution in [0.15, 0.2) is 36.5 Å². The Morgan fingerprint density at radius 2 is 1.87 bits per heavy atom. The van der Waals surface area contributed by atoms with Crippen LogP contribution >= 0.6 is 0 Å². The molecule has 0 bridgehead atoms. The molecule has 210 valence electrons. The molecule has 0 aliphatic carbocycles. The number of ether oxygens (including phenoxy) is 3. The van der Waals surface area contributed by atoms with Gasteiger partial charge in [-0.2, -0.15) is 5.10 Å². The Hall–Kier alpha value is -3.87. The molecule has 1 saturated heterocycles. The van der Waals surface area contributed by atoms with Crippen molar-refractivity contribution >= 4 is 22.7 Å². The number of hydrogen-bond acceptors (Lipinski definition) is 6. The summed E-state index contributed by atoms with van der Waals surface area (Å²) in [4.78, 5) is 26.9. The van der Waals surface area contributed by atoms with Crippen molar-refractivity contribution in [1.82, 2.24) is 20.0 Å². The zero-order valence-electron chi connectivity index (χ0n) is 21.4. The number of amides is 2. The Bertz CT molecular complexity index is 1340. The molecule has 2 aromatic carbocycles. The van der Waals surface area contributed by atoms with E-state index in [1.165, 1.54) is 7.11 Å². The lowest BCUT2D eigenvalue weighted by Crippen LogP contribution is -2.39. The number of hydrogen-bond donors (Lipinski definition) is 1. The number of carbonyl (C=O) groups is 2. The number of alkyl halides is 3. The highest BCUT2D eigenvalue weighted by Gasteiger charge is 2.33. The molecule has 2 amide bonds. The molecule has 39 heavy (non-hydrogen) atoms. The van der Waals surface area contributed by atoms with Crippen LogP contribution in [-0.2, 0) is 11.3 Å². The zero-order valence-corrected chi connectivity index (χ0v) is 21.4. The van der Waals surface area contributed by atoms with Crippen molar-refractivity contribution in [3.05, 3.63) is 53.5 Å². The molecule has 1 N–H and O–H groups in total. The molecule has 0 radical (unpaired) electrons. The summed E-state index contributed by atoms with van der Waals surface area (Å²) < 4.78 is 67.1. The second-order valence-corrected chi connectivity index (χ2v) is 9.11. The molecule has 2 heterocycles. The van der Waals surface area contributed by atoms with Crippen molar-refractivity contribution in [1.29, 1.82) is 0 Å². The summed E-state index contributed by atoms with van der Waals surface area (Å²) >= 11 is 0. The van der Waals surface area contributed by atoms with Crippen LogP contribution in [-0.4, -0.2) is 73.3 Å². The number of methoxy groups -OCH3 is 2. The fourth-order valence-corrected chi connectivity index (χ4v) is 4.58. The van der Waals surface area contributed by atoms with Crippen LogP contribution < -0.4 is 14.8 Å². The Labute approximate surface area is 221 Å². The van der Waals surface area contributed by atoms with E-state index in [1.54, 1.807) is 28.8 Å². The largest absolute Gasteiger partial charge is 0.573 e. The first-order chi connectivity index (χ1) is 18.6. The van der Waals surface area contributed by atoms with E-state index in [0.29, 0.717) is 67.8 Å². The summed E-state index contributed by atoms with van der Waals surface area (Å²) in [6.45, 7) is 2.14. The summed E-state index contributed by atoms with van der Waals surface area (Å²) in [5.74, 6) is -2.36. The average Bonchev–Trinajstić information content (AvgIpc) is 3.31. The minimum absolute atomic E-state index is 0.0482. The van der Waals surface area contributed by atoms with Gasteiger partial charge in [0.1, 0.15) is 5.75 Å². The normalized spacial score (nSPS) is 14.5. The van der Waals surface area contributed by atoms with E-state index in [0.717, 1.165) is 18.2 Å². The number of piperidine rings is 1. The van der Waals surface area contributed by atoms with Crippen LogP contribution in [0.2, 0.25) is 0 Å². The van der Waals surface area contributed by atoms with E-state index < -0.39 is 23.8 Å². The molecular weight excluding hydrogens is 524 g/mol. The summed E-state index contributed by atoms with van der Waals surface area (Å²) in [6.07, 6.45) is -1.89. The Balaban J connectivity index is 1.38. The molecule has 9 nitrogen and oxygen atoms in total. The molecule has 0 saturated carbocycles. The first-order valence-electron chi connectivity index (χ1n) is 12.3. The Morgan fingerprint density at radius 3 is 2.51 bits per heavy atom. The second-order valence-electron chi connectivity index (χ2n) is 9.11. The molecule has 13 heteroatoms. The van der Waals surface area contributed by atoms with Crippen LogP contribution in [0.1, 0.15) is 33.6 Å². The van der Waals surface area contributed by atoms with Crippen molar-refractivity contribution in [3.63, 3.8) is 0 Å². The number of fused-ring (bicyclic) bond motifs is 1. The molecule has 3 aromatic rings. The maximum atomic E-state index is 14.1. The van der Waals surface area contributed by atoms with E-state index >= 15 is 0 Å². The van der Waals surface area contributed by atoms with Gasteiger partial charge >= 0.3 is 6.36 Å². The topological polar surface area (TPSA) is 94.9 Å². The quantitative estimate of drug-likeness (QED) is 0.319. The van der Waals surface area contributed by atoms with Gasteiger partial charge in [-0.05, 0) is 49.1 Å². The number of aromatic nitrogens is 2. The summed E-state index contributed by atoms with van der Waals surface area (Å²) in [7, 11) is 3.04. The molecule has 0 atom stereocenters. The maximum absolute atomic E-state index is 14.1. The van der Waals surface area contributed by atoms with Crippen molar-refractivity contribution in [2.45, 2.75) is 25.7 Å². The minimum Gasteiger partial charge on any atom is -0.495 e. The van der Waals surface area contributed by atoms with Crippen molar-refractivity contribution in [2.24, 2.45) is 5.92 Å². The number of likely N-dealkylation sites (tertiary alicyclic amines) is 1. The van der Waals surface area contributed by atoms with Gasteiger partial charge in [-0.3, -0.25) is 14.3 Å². The minimum atomic E-state index is -5.03. The first kappa shape index (κ1) is 28.1. The highest BCUT2D eigenvalue weighted by Crippen LogP contribution is 2.31. The monoisotopic (exact) mass is 552 g/mol. The molecule has 1 aliphatic heterocycles. The van der Waals surface area contributed by atoms with Crippen LogP contribution in [0.5, 0.6) is 11.5 Å². The van der Waals surface area contributed by atoms with Gasteiger partial charge in [-0.25, -0.2) is 4.39 Å². The van der Waals surface area contributed by atoms with Crippen LogP contribution in [0.25, 0.3) is 10.9 Å². The van der Waals surface area contributed by atoms with Gasteiger partial charge < -0.3 is 24.4 Å². The number of nitrogens with zero attached hydrogens (tertiary/aromatic N) is 3. The molecule has 0 unspecified atom stereocenters. The van der Waals surface area contributed by atoms with Gasteiger partial charge in [0, 0.05) is 45.0 Å². The SMILES string of the molecule is COCCNC(=O)c1ccc2nn(CC3CCN(C(=O)c4ccc(OC(F)(F)F)c(F)c4)CC3)cc2c1OC. The van der Waals surface area contributed by atoms with E-state index in [9.17, 15) is 27.2 Å². The lowest BCUT2D eigenvalue weighted by atomic mass is 9.96. The molecule has 0 spiro atoms. The number of halogens is 4. The van der Waals surface area contributed by atoms with Crippen LogP contribution in [0, 0.1) is 11.7 Å². The number of carbonyl (C=O) groups excluding carboxylic acids is 2. The van der Waals surface area contributed by atoms with E-state index in [1.807, 2.05) is 6.20 Å². The molecule has 4 rings (SSSR count). The van der Waals surface area contributed by atoms with E-state index in [4.69, 9.17) is 9.47 Å². The number of benzene rings is 2. The van der Waals surface area contributed by atoms with Crippen molar-refractivity contribution < 1.29 is 41.4 Å². The van der Waals surface area contributed by atoms with Gasteiger partial charge in [0.2, 0.25) is 0 Å². The highest BCUT2D eigenvalue weighted by atomic mass is 19.4. The smallest absolute Gasteiger partial charge is 0.495 e. The molecule has 1 aliphatic rings. The predicted octanol–water partition coefficient (Wildman–Crippen LogP) is 4.01. The van der Waals surface area contributed by atoms with Crippen molar-refractivity contribution in [3.8, 4) is 11.5 Å². The van der Waals surface area contributed by atoms with Gasteiger partial charge in [0.25, 0.3) is 11.8 Å². The third kappa shape index (κ3) is 6.77. The predicted molar refractivity (Wildman–Crippen MR) is 132 cm³/mol. The fraction of sp³-hybridized carbons (Fsp3) is 0.423. The average molecular weight is 553 g/mol. The van der Waals surface area contributed by atoms with Gasteiger partial charge in [0.15, 0.2) is 11.6 Å². The molecule has 1 aromatic heterocycles. The zero-order chi connectivity index (χ0) is 28.2. The van der Waals surface area contributed by atoms with Crippen LogP contribution in [0.4, 0.5) is 17.6 Å². The molecular formula is C26H28F4N4O5. The maximum Gasteiger partial charge on any atom is 0.573 e. The van der Waals surface area contributed by atoms with Crippen molar-refractivity contribution in [2.75, 3.05) is 40.5 Å². The summed E-state index contributed by atoms with van der Waals surface area (Å²) in [5.41, 5.74) is 1.02. The van der Waals surface area contributed by atoms with Gasteiger partial charge in [-0.15, -0.1) is 13.2 Å². The Kier molecular flexibility index (Phi) is 8.58. The Morgan fingerprint density at radius 1 is 1.13 bits per heavy atom.